The van der Waals surface area contributed by atoms with Crippen LogP contribution in [-0.4, -0.2) is 29.5 Å². The molecule has 0 saturated heterocycles. The molecule has 4 heteroatoms. The lowest BCUT2D eigenvalue weighted by Crippen LogP contribution is -2.38. The smallest absolute Gasteiger partial charge is 0.123 e. The van der Waals surface area contributed by atoms with Gasteiger partial charge < -0.3 is 5.73 Å². The molecule has 0 spiro atoms. The van der Waals surface area contributed by atoms with E-state index in [-0.39, 0.29) is 17.9 Å². The maximum Gasteiger partial charge on any atom is 0.123 e. The Labute approximate surface area is 125 Å². The van der Waals surface area contributed by atoms with Crippen LogP contribution < -0.4 is 5.73 Å². The first kappa shape index (κ1) is 15.6. The van der Waals surface area contributed by atoms with Gasteiger partial charge in [0.2, 0.25) is 0 Å². The van der Waals surface area contributed by atoms with Crippen LogP contribution in [0.15, 0.2) is 48.8 Å². The molecule has 21 heavy (non-hydrogen) atoms. The van der Waals surface area contributed by atoms with Gasteiger partial charge in [0, 0.05) is 31.0 Å². The van der Waals surface area contributed by atoms with Crippen LogP contribution in [0.2, 0.25) is 0 Å². The molecule has 0 aliphatic carbocycles. The molecular formula is C17H22FN3. The Hall–Kier alpha value is -1.78. The van der Waals surface area contributed by atoms with Crippen molar-refractivity contribution in [2.75, 3.05) is 13.6 Å². The van der Waals surface area contributed by atoms with Crippen molar-refractivity contribution in [3.63, 3.8) is 0 Å². The molecule has 0 radical (unpaired) electrons. The fourth-order valence-electron chi connectivity index (χ4n) is 2.64. The Balaban J connectivity index is 2.07. The summed E-state index contributed by atoms with van der Waals surface area (Å²) in [4.78, 5) is 6.20. The molecular weight excluding hydrogens is 265 g/mol. The Morgan fingerprint density at radius 3 is 2.57 bits per heavy atom. The fourth-order valence-corrected chi connectivity index (χ4v) is 2.64. The largest absolute Gasteiger partial charge is 0.326 e. The van der Waals surface area contributed by atoms with Crippen LogP contribution in [0.25, 0.3) is 0 Å². The third-order valence-electron chi connectivity index (χ3n) is 3.67. The highest BCUT2D eigenvalue weighted by Crippen LogP contribution is 2.23. The summed E-state index contributed by atoms with van der Waals surface area (Å²) in [7, 11) is 2.03. The quantitative estimate of drug-likeness (QED) is 0.888. The monoisotopic (exact) mass is 287 g/mol. The van der Waals surface area contributed by atoms with Crippen molar-refractivity contribution in [1.82, 2.24) is 9.88 Å². The maximum absolute atomic E-state index is 13.4. The second kappa shape index (κ2) is 7.29. The molecule has 2 aromatic rings. The summed E-state index contributed by atoms with van der Waals surface area (Å²) in [6.45, 7) is 2.81. The van der Waals surface area contributed by atoms with E-state index in [1.54, 1.807) is 24.5 Å². The second-order valence-electron chi connectivity index (χ2n) is 5.45. The van der Waals surface area contributed by atoms with Crippen LogP contribution in [0.3, 0.4) is 0 Å². The summed E-state index contributed by atoms with van der Waals surface area (Å²) in [5.41, 5.74) is 8.27. The molecule has 2 N–H and O–H groups in total. The molecule has 112 valence electrons. The van der Waals surface area contributed by atoms with E-state index in [9.17, 15) is 4.39 Å². The molecule has 0 aliphatic rings. The van der Waals surface area contributed by atoms with Gasteiger partial charge in [0.25, 0.3) is 0 Å². The van der Waals surface area contributed by atoms with E-state index in [4.69, 9.17) is 5.73 Å². The zero-order chi connectivity index (χ0) is 15.2. The third kappa shape index (κ3) is 4.34. The van der Waals surface area contributed by atoms with E-state index < -0.39 is 0 Å². The summed E-state index contributed by atoms with van der Waals surface area (Å²) < 4.78 is 13.4. The van der Waals surface area contributed by atoms with E-state index in [2.05, 4.69) is 9.88 Å². The SMILES string of the molecule is CC(N)C(c1cccc(F)c1)N(C)CCc1ccncc1. The average Bonchev–Trinajstić information content (AvgIpc) is 2.46. The number of likely N-dealkylation sites (N-methyl/N-ethyl adjacent to an activating group) is 1. The van der Waals surface area contributed by atoms with Crippen molar-refractivity contribution in [3.8, 4) is 0 Å². The molecule has 1 aromatic carbocycles. The van der Waals surface area contributed by atoms with Crippen LogP contribution >= 0.6 is 0 Å². The molecule has 0 saturated carbocycles. The summed E-state index contributed by atoms with van der Waals surface area (Å²) in [6.07, 6.45) is 4.51. The number of benzene rings is 1. The van der Waals surface area contributed by atoms with Crippen LogP contribution in [0.1, 0.15) is 24.1 Å². The van der Waals surface area contributed by atoms with Crippen molar-refractivity contribution >= 4 is 0 Å². The number of nitrogens with two attached hydrogens (primary N) is 1. The predicted molar refractivity (Wildman–Crippen MR) is 83.4 cm³/mol. The first-order valence-electron chi connectivity index (χ1n) is 7.18. The lowest BCUT2D eigenvalue weighted by molar-refractivity contribution is 0.221. The average molecular weight is 287 g/mol. The van der Waals surface area contributed by atoms with Crippen LogP contribution in [0.4, 0.5) is 4.39 Å². The van der Waals surface area contributed by atoms with E-state index in [0.29, 0.717) is 0 Å². The first-order chi connectivity index (χ1) is 10.1. The van der Waals surface area contributed by atoms with Crippen molar-refractivity contribution in [3.05, 3.63) is 65.7 Å². The molecule has 0 aliphatic heterocycles. The summed E-state index contributed by atoms with van der Waals surface area (Å²) in [5, 5.41) is 0. The molecule has 1 heterocycles. The summed E-state index contributed by atoms with van der Waals surface area (Å²) in [6, 6.07) is 10.6. The van der Waals surface area contributed by atoms with Gasteiger partial charge in [-0.1, -0.05) is 12.1 Å². The first-order valence-corrected chi connectivity index (χ1v) is 7.18. The van der Waals surface area contributed by atoms with Gasteiger partial charge in [-0.2, -0.15) is 0 Å². The third-order valence-corrected chi connectivity index (χ3v) is 3.67. The van der Waals surface area contributed by atoms with E-state index in [1.807, 2.05) is 32.2 Å². The number of aromatic nitrogens is 1. The second-order valence-corrected chi connectivity index (χ2v) is 5.45. The summed E-state index contributed by atoms with van der Waals surface area (Å²) in [5.74, 6) is -0.222. The van der Waals surface area contributed by atoms with E-state index in [0.717, 1.165) is 18.5 Å². The van der Waals surface area contributed by atoms with Crippen molar-refractivity contribution < 1.29 is 4.39 Å². The minimum absolute atomic E-state index is 0.00235. The number of hydrogen-bond donors (Lipinski definition) is 1. The zero-order valence-corrected chi connectivity index (χ0v) is 12.5. The van der Waals surface area contributed by atoms with Crippen LogP contribution in [-0.2, 0) is 6.42 Å². The van der Waals surface area contributed by atoms with Crippen molar-refractivity contribution in [1.29, 1.82) is 0 Å². The number of pyridine rings is 1. The standard InChI is InChI=1S/C17H22FN3/c1-13(19)17(15-4-3-5-16(18)12-15)21(2)11-8-14-6-9-20-10-7-14/h3-7,9-10,12-13,17H,8,11,19H2,1-2H3. The lowest BCUT2D eigenvalue weighted by Gasteiger charge is -2.31. The number of hydrogen-bond acceptors (Lipinski definition) is 3. The molecule has 2 rings (SSSR count). The Morgan fingerprint density at radius 2 is 1.95 bits per heavy atom. The molecule has 0 amide bonds. The molecule has 0 bridgehead atoms. The van der Waals surface area contributed by atoms with E-state index >= 15 is 0 Å². The van der Waals surface area contributed by atoms with Crippen LogP contribution in [0.5, 0.6) is 0 Å². The van der Waals surface area contributed by atoms with Gasteiger partial charge in [0.15, 0.2) is 0 Å². The molecule has 1 aromatic heterocycles. The van der Waals surface area contributed by atoms with Gasteiger partial charge in [-0.3, -0.25) is 9.88 Å². The highest BCUT2D eigenvalue weighted by Gasteiger charge is 2.21. The van der Waals surface area contributed by atoms with Gasteiger partial charge in [-0.05, 0) is 55.8 Å². The maximum atomic E-state index is 13.4. The predicted octanol–water partition coefficient (Wildman–Crippen LogP) is 2.78. The van der Waals surface area contributed by atoms with Crippen molar-refractivity contribution in [2.45, 2.75) is 25.4 Å². The molecule has 2 unspecified atom stereocenters. The minimum atomic E-state index is -0.222. The van der Waals surface area contributed by atoms with Gasteiger partial charge >= 0.3 is 0 Å². The van der Waals surface area contributed by atoms with Gasteiger partial charge in [0.1, 0.15) is 5.82 Å². The van der Waals surface area contributed by atoms with Crippen molar-refractivity contribution in [2.24, 2.45) is 5.73 Å². The highest BCUT2D eigenvalue weighted by atomic mass is 19.1. The topological polar surface area (TPSA) is 42.1 Å². The normalized spacial score (nSPS) is 14.1. The van der Waals surface area contributed by atoms with Gasteiger partial charge in [0.05, 0.1) is 0 Å². The molecule has 3 nitrogen and oxygen atoms in total. The van der Waals surface area contributed by atoms with Gasteiger partial charge in [-0.15, -0.1) is 0 Å². The molecule has 0 fully saturated rings. The lowest BCUT2D eigenvalue weighted by atomic mass is 9.99. The molecule has 2 atom stereocenters. The highest BCUT2D eigenvalue weighted by molar-refractivity contribution is 5.22. The summed E-state index contributed by atoms with van der Waals surface area (Å²) >= 11 is 0. The number of rotatable bonds is 6. The fraction of sp³-hybridized carbons (Fsp3) is 0.353. The number of nitrogens with zero attached hydrogens (tertiary/aromatic N) is 2. The Kier molecular flexibility index (Phi) is 5.42. The zero-order valence-electron chi connectivity index (χ0n) is 12.5. The Bertz CT molecular complexity index is 557. The minimum Gasteiger partial charge on any atom is -0.326 e. The van der Waals surface area contributed by atoms with E-state index in [1.165, 1.54) is 11.6 Å². The number of halogens is 1. The van der Waals surface area contributed by atoms with Gasteiger partial charge in [-0.25, -0.2) is 4.39 Å². The Morgan fingerprint density at radius 1 is 1.24 bits per heavy atom. The van der Waals surface area contributed by atoms with Crippen LogP contribution in [0, 0.1) is 5.82 Å².